The molecule has 0 saturated heterocycles. The van der Waals surface area contributed by atoms with Crippen LogP contribution in [0.5, 0.6) is 0 Å². The first-order valence-electron chi connectivity index (χ1n) is 6.91. The minimum atomic E-state index is 0.659. The third-order valence-electron chi connectivity index (χ3n) is 3.22. The lowest BCUT2D eigenvalue weighted by atomic mass is 10.1. The monoisotopic (exact) mass is 250 g/mol. The molecule has 1 unspecified atom stereocenters. The third kappa shape index (κ3) is 3.86. The molecule has 1 aromatic rings. The Hall–Kier alpha value is -1.32. The smallest absolute Gasteiger partial charge is 0.134 e. The number of hydrogen-bond donors (Lipinski definition) is 2. The molecule has 1 heterocycles. The summed E-state index contributed by atoms with van der Waals surface area (Å²) in [6.45, 7) is 9.62. The lowest BCUT2D eigenvalue weighted by Gasteiger charge is -2.15. The van der Waals surface area contributed by atoms with E-state index in [1.54, 1.807) is 0 Å². The second kappa shape index (κ2) is 7.19. The van der Waals surface area contributed by atoms with Crippen LogP contribution in [0.25, 0.3) is 0 Å². The number of anilines is 2. The van der Waals surface area contributed by atoms with Crippen LogP contribution >= 0.6 is 0 Å². The predicted molar refractivity (Wildman–Crippen MR) is 78.3 cm³/mol. The maximum absolute atomic E-state index is 4.61. The highest BCUT2D eigenvalue weighted by Crippen LogP contribution is 2.20. The Labute approximate surface area is 111 Å². The molecule has 0 bridgehead atoms. The predicted octanol–water partition coefficient (Wildman–Crippen LogP) is 3.24. The van der Waals surface area contributed by atoms with Gasteiger partial charge in [0.15, 0.2) is 0 Å². The zero-order valence-corrected chi connectivity index (χ0v) is 12.3. The fraction of sp³-hybridized carbons (Fsp3) is 0.714. The zero-order valence-electron chi connectivity index (χ0n) is 12.3. The van der Waals surface area contributed by atoms with E-state index in [1.165, 1.54) is 6.42 Å². The van der Waals surface area contributed by atoms with E-state index in [0.717, 1.165) is 42.4 Å². The SMILES string of the molecule is CCCc1nc(NC)c(C)c(NCC(C)CC)n1. The Balaban J connectivity index is 2.90. The summed E-state index contributed by atoms with van der Waals surface area (Å²) in [6, 6.07) is 0. The van der Waals surface area contributed by atoms with Crippen LogP contribution in [-0.2, 0) is 6.42 Å². The molecule has 0 radical (unpaired) electrons. The van der Waals surface area contributed by atoms with Crippen molar-refractivity contribution in [3.63, 3.8) is 0 Å². The Morgan fingerprint density at radius 3 is 2.39 bits per heavy atom. The van der Waals surface area contributed by atoms with Crippen molar-refractivity contribution in [3.05, 3.63) is 11.4 Å². The van der Waals surface area contributed by atoms with Crippen LogP contribution in [0.4, 0.5) is 11.6 Å². The van der Waals surface area contributed by atoms with Crippen LogP contribution in [0.2, 0.25) is 0 Å². The number of nitrogens with one attached hydrogen (secondary N) is 2. The van der Waals surface area contributed by atoms with Crippen LogP contribution in [0.3, 0.4) is 0 Å². The van der Waals surface area contributed by atoms with Crippen molar-refractivity contribution in [2.75, 3.05) is 24.2 Å². The van der Waals surface area contributed by atoms with Crippen molar-refractivity contribution in [1.82, 2.24) is 9.97 Å². The second-order valence-electron chi connectivity index (χ2n) is 4.86. The van der Waals surface area contributed by atoms with Crippen LogP contribution < -0.4 is 10.6 Å². The Bertz CT molecular complexity index is 376. The molecule has 0 aliphatic heterocycles. The van der Waals surface area contributed by atoms with Gasteiger partial charge in [0.2, 0.25) is 0 Å². The van der Waals surface area contributed by atoms with Crippen LogP contribution in [0, 0.1) is 12.8 Å². The topological polar surface area (TPSA) is 49.8 Å². The third-order valence-corrected chi connectivity index (χ3v) is 3.22. The number of aromatic nitrogens is 2. The van der Waals surface area contributed by atoms with E-state index in [-0.39, 0.29) is 0 Å². The summed E-state index contributed by atoms with van der Waals surface area (Å²) in [7, 11) is 1.91. The van der Waals surface area contributed by atoms with Gasteiger partial charge in [-0.25, -0.2) is 9.97 Å². The van der Waals surface area contributed by atoms with Gasteiger partial charge >= 0.3 is 0 Å². The van der Waals surface area contributed by atoms with Gasteiger partial charge < -0.3 is 10.6 Å². The molecule has 0 aliphatic carbocycles. The van der Waals surface area contributed by atoms with Gasteiger partial charge in [-0.2, -0.15) is 0 Å². The minimum absolute atomic E-state index is 0.659. The van der Waals surface area contributed by atoms with Crippen molar-refractivity contribution in [3.8, 4) is 0 Å². The summed E-state index contributed by atoms with van der Waals surface area (Å²) in [5, 5.41) is 6.59. The van der Waals surface area contributed by atoms with Crippen LogP contribution in [0.1, 0.15) is 45.0 Å². The first-order valence-corrected chi connectivity index (χ1v) is 6.91. The average molecular weight is 250 g/mol. The first kappa shape index (κ1) is 14.7. The molecule has 1 atom stereocenters. The van der Waals surface area contributed by atoms with Gasteiger partial charge in [-0.1, -0.05) is 27.2 Å². The van der Waals surface area contributed by atoms with E-state index in [4.69, 9.17) is 0 Å². The van der Waals surface area contributed by atoms with Gasteiger partial charge in [0.25, 0.3) is 0 Å². The molecule has 0 spiro atoms. The van der Waals surface area contributed by atoms with E-state index in [0.29, 0.717) is 5.92 Å². The Kier molecular flexibility index (Phi) is 5.89. The summed E-state index contributed by atoms with van der Waals surface area (Å²) in [4.78, 5) is 9.14. The van der Waals surface area contributed by atoms with Crippen LogP contribution in [-0.4, -0.2) is 23.6 Å². The lowest BCUT2D eigenvalue weighted by Crippen LogP contribution is -2.14. The van der Waals surface area contributed by atoms with Crippen LogP contribution in [0.15, 0.2) is 0 Å². The summed E-state index contributed by atoms with van der Waals surface area (Å²) >= 11 is 0. The molecule has 102 valence electrons. The molecule has 4 nitrogen and oxygen atoms in total. The highest BCUT2D eigenvalue weighted by Gasteiger charge is 2.10. The van der Waals surface area contributed by atoms with E-state index in [2.05, 4.69) is 48.3 Å². The Morgan fingerprint density at radius 2 is 1.83 bits per heavy atom. The largest absolute Gasteiger partial charge is 0.373 e. The van der Waals surface area contributed by atoms with E-state index in [9.17, 15) is 0 Å². The number of rotatable bonds is 7. The molecular weight excluding hydrogens is 224 g/mol. The average Bonchev–Trinajstić information content (AvgIpc) is 2.38. The van der Waals surface area contributed by atoms with Crippen molar-refractivity contribution in [2.45, 2.75) is 47.0 Å². The summed E-state index contributed by atoms with van der Waals surface area (Å²) in [6.07, 6.45) is 3.17. The van der Waals surface area contributed by atoms with Gasteiger partial charge in [-0.3, -0.25) is 0 Å². The molecule has 1 aromatic heterocycles. The van der Waals surface area contributed by atoms with Gasteiger partial charge in [0.1, 0.15) is 17.5 Å². The van der Waals surface area contributed by atoms with Gasteiger partial charge in [-0.05, 0) is 19.3 Å². The van der Waals surface area contributed by atoms with Gasteiger partial charge in [0, 0.05) is 25.6 Å². The van der Waals surface area contributed by atoms with E-state index in [1.807, 2.05) is 7.05 Å². The number of nitrogens with zero attached hydrogens (tertiary/aromatic N) is 2. The standard InChI is InChI=1S/C14H26N4/c1-6-8-12-17-13(15-5)11(4)14(18-12)16-9-10(3)7-2/h10H,6-9H2,1-5H3,(H2,15,16,17,18). The molecule has 0 amide bonds. The highest BCUT2D eigenvalue weighted by atomic mass is 15.1. The molecule has 4 heteroatoms. The lowest BCUT2D eigenvalue weighted by molar-refractivity contribution is 0.592. The maximum atomic E-state index is 4.61. The van der Waals surface area contributed by atoms with Crippen molar-refractivity contribution in [2.24, 2.45) is 5.92 Å². The quantitative estimate of drug-likeness (QED) is 0.780. The van der Waals surface area contributed by atoms with Crippen molar-refractivity contribution in [1.29, 1.82) is 0 Å². The summed E-state index contributed by atoms with van der Waals surface area (Å²) < 4.78 is 0. The zero-order chi connectivity index (χ0) is 13.5. The first-order chi connectivity index (χ1) is 8.62. The summed E-state index contributed by atoms with van der Waals surface area (Å²) in [5.41, 5.74) is 1.10. The minimum Gasteiger partial charge on any atom is -0.373 e. The molecule has 1 rings (SSSR count). The van der Waals surface area contributed by atoms with E-state index < -0.39 is 0 Å². The molecule has 0 fully saturated rings. The highest BCUT2D eigenvalue weighted by molar-refractivity contribution is 5.57. The van der Waals surface area contributed by atoms with Crippen molar-refractivity contribution < 1.29 is 0 Å². The van der Waals surface area contributed by atoms with E-state index >= 15 is 0 Å². The molecule has 2 N–H and O–H groups in total. The van der Waals surface area contributed by atoms with Gasteiger partial charge in [-0.15, -0.1) is 0 Å². The normalized spacial score (nSPS) is 12.3. The molecule has 0 saturated carbocycles. The molecule has 0 aliphatic rings. The fourth-order valence-corrected chi connectivity index (χ4v) is 1.73. The second-order valence-corrected chi connectivity index (χ2v) is 4.86. The van der Waals surface area contributed by atoms with Crippen molar-refractivity contribution >= 4 is 11.6 Å². The molecular formula is C14H26N4. The summed E-state index contributed by atoms with van der Waals surface area (Å²) in [5.74, 6) is 3.48. The molecule has 0 aromatic carbocycles. The number of hydrogen-bond acceptors (Lipinski definition) is 4. The number of aryl methyl sites for hydroxylation is 1. The fourth-order valence-electron chi connectivity index (χ4n) is 1.73. The molecule has 18 heavy (non-hydrogen) atoms. The van der Waals surface area contributed by atoms with Gasteiger partial charge in [0.05, 0.1) is 0 Å². The Morgan fingerprint density at radius 1 is 1.17 bits per heavy atom. The maximum Gasteiger partial charge on any atom is 0.134 e.